The van der Waals surface area contributed by atoms with Crippen molar-refractivity contribution in [3.8, 4) is 0 Å². The van der Waals surface area contributed by atoms with Gasteiger partial charge in [-0.05, 0) is 31.0 Å². The van der Waals surface area contributed by atoms with Crippen molar-refractivity contribution in [2.75, 3.05) is 11.1 Å². The third-order valence-electron chi connectivity index (χ3n) is 2.37. The van der Waals surface area contributed by atoms with E-state index in [1.807, 2.05) is 12.1 Å². The van der Waals surface area contributed by atoms with Crippen LogP contribution in [0.2, 0.25) is 0 Å². The van der Waals surface area contributed by atoms with Crippen molar-refractivity contribution in [2.45, 2.75) is 13.8 Å². The van der Waals surface area contributed by atoms with E-state index in [-0.39, 0.29) is 0 Å². The summed E-state index contributed by atoms with van der Waals surface area (Å²) in [6.45, 7) is 4.19. The highest BCUT2D eigenvalue weighted by Gasteiger charge is 2.03. The number of hydrogen-bond acceptors (Lipinski definition) is 4. The Kier molecular flexibility index (Phi) is 2.60. The van der Waals surface area contributed by atoms with Gasteiger partial charge >= 0.3 is 0 Å². The van der Waals surface area contributed by atoms with Crippen LogP contribution >= 0.6 is 11.3 Å². The standard InChI is InChI=1S/C11H13N3S/c1-7-4-3-5-9(8(7)2)14-11-13-6-10(12)15-11/h3-6H,12H2,1-2H3,(H,13,14). The first-order chi connectivity index (χ1) is 7.16. The summed E-state index contributed by atoms with van der Waals surface area (Å²) < 4.78 is 0. The van der Waals surface area contributed by atoms with Gasteiger partial charge in [-0.2, -0.15) is 0 Å². The van der Waals surface area contributed by atoms with E-state index in [0.29, 0.717) is 0 Å². The van der Waals surface area contributed by atoms with Crippen LogP contribution in [0.5, 0.6) is 0 Å². The van der Waals surface area contributed by atoms with Crippen molar-refractivity contribution in [1.29, 1.82) is 0 Å². The highest BCUT2D eigenvalue weighted by Crippen LogP contribution is 2.26. The second-order valence-electron chi connectivity index (χ2n) is 3.44. The maximum atomic E-state index is 5.62. The number of nitrogens with two attached hydrogens (primary N) is 1. The zero-order valence-corrected chi connectivity index (χ0v) is 9.56. The Morgan fingerprint density at radius 1 is 1.33 bits per heavy atom. The lowest BCUT2D eigenvalue weighted by Crippen LogP contribution is -1.93. The molecule has 0 radical (unpaired) electrons. The molecule has 0 fully saturated rings. The highest BCUT2D eigenvalue weighted by molar-refractivity contribution is 7.19. The minimum atomic E-state index is 0.725. The van der Waals surface area contributed by atoms with Crippen molar-refractivity contribution in [2.24, 2.45) is 0 Å². The van der Waals surface area contributed by atoms with Crippen LogP contribution in [-0.2, 0) is 0 Å². The van der Waals surface area contributed by atoms with Crippen LogP contribution in [0, 0.1) is 13.8 Å². The van der Waals surface area contributed by atoms with Gasteiger partial charge in [-0.15, -0.1) is 0 Å². The lowest BCUT2D eigenvalue weighted by Gasteiger charge is -2.08. The lowest BCUT2D eigenvalue weighted by molar-refractivity contribution is 1.31. The van der Waals surface area contributed by atoms with Crippen LogP contribution < -0.4 is 11.1 Å². The fourth-order valence-corrected chi connectivity index (χ4v) is 1.94. The predicted molar refractivity (Wildman–Crippen MR) is 65.7 cm³/mol. The van der Waals surface area contributed by atoms with E-state index in [0.717, 1.165) is 15.8 Å². The Morgan fingerprint density at radius 2 is 2.13 bits per heavy atom. The molecular formula is C11H13N3S. The summed E-state index contributed by atoms with van der Waals surface area (Å²) in [4.78, 5) is 4.16. The molecule has 0 spiro atoms. The van der Waals surface area contributed by atoms with E-state index in [1.54, 1.807) is 6.20 Å². The molecule has 0 atom stereocenters. The topological polar surface area (TPSA) is 50.9 Å². The minimum absolute atomic E-state index is 0.725. The number of nitrogens with one attached hydrogen (secondary N) is 1. The van der Waals surface area contributed by atoms with E-state index in [4.69, 9.17) is 5.73 Å². The molecule has 0 unspecified atom stereocenters. The maximum absolute atomic E-state index is 5.62. The Bertz CT molecular complexity index is 476. The van der Waals surface area contributed by atoms with Crippen molar-refractivity contribution in [1.82, 2.24) is 4.98 Å². The van der Waals surface area contributed by atoms with Gasteiger partial charge in [0.05, 0.1) is 6.20 Å². The number of aromatic nitrogens is 1. The number of benzene rings is 1. The fourth-order valence-electron chi connectivity index (χ4n) is 1.35. The molecule has 0 amide bonds. The molecule has 0 bridgehead atoms. The van der Waals surface area contributed by atoms with E-state index in [1.165, 1.54) is 22.5 Å². The Labute approximate surface area is 93.0 Å². The smallest absolute Gasteiger partial charge is 0.189 e. The van der Waals surface area contributed by atoms with Gasteiger partial charge in [-0.3, -0.25) is 0 Å². The second-order valence-corrected chi connectivity index (χ2v) is 4.50. The predicted octanol–water partition coefficient (Wildman–Crippen LogP) is 3.09. The van der Waals surface area contributed by atoms with Gasteiger partial charge in [0.2, 0.25) is 0 Å². The van der Waals surface area contributed by atoms with Crippen molar-refractivity contribution < 1.29 is 0 Å². The van der Waals surface area contributed by atoms with Crippen LogP contribution in [0.25, 0.3) is 0 Å². The number of rotatable bonds is 2. The van der Waals surface area contributed by atoms with Crippen molar-refractivity contribution in [3.05, 3.63) is 35.5 Å². The summed E-state index contributed by atoms with van der Waals surface area (Å²) in [6, 6.07) is 6.16. The molecule has 1 heterocycles. The Hall–Kier alpha value is -1.55. The summed E-state index contributed by atoms with van der Waals surface area (Å²) in [5, 5.41) is 4.82. The number of thiazole rings is 1. The van der Waals surface area contributed by atoms with Gasteiger partial charge in [0.1, 0.15) is 5.00 Å². The van der Waals surface area contributed by atoms with Crippen molar-refractivity contribution in [3.63, 3.8) is 0 Å². The first-order valence-electron chi connectivity index (χ1n) is 4.71. The van der Waals surface area contributed by atoms with Crippen LogP contribution in [0.15, 0.2) is 24.4 Å². The normalized spacial score (nSPS) is 10.3. The summed E-state index contributed by atoms with van der Waals surface area (Å²) in [7, 11) is 0. The van der Waals surface area contributed by atoms with Gasteiger partial charge in [-0.25, -0.2) is 4.98 Å². The molecule has 3 N–H and O–H groups in total. The number of nitrogens with zero attached hydrogens (tertiary/aromatic N) is 1. The van der Waals surface area contributed by atoms with E-state index in [2.05, 4.69) is 30.2 Å². The molecule has 0 saturated carbocycles. The fraction of sp³-hybridized carbons (Fsp3) is 0.182. The van der Waals surface area contributed by atoms with Crippen LogP contribution in [0.3, 0.4) is 0 Å². The molecule has 0 saturated heterocycles. The molecule has 2 aromatic rings. The number of anilines is 3. The first kappa shape index (κ1) is 9.98. The summed E-state index contributed by atoms with van der Waals surface area (Å²) in [5.74, 6) is 0. The molecule has 0 aliphatic heterocycles. The zero-order valence-electron chi connectivity index (χ0n) is 8.74. The monoisotopic (exact) mass is 219 g/mol. The molecule has 15 heavy (non-hydrogen) atoms. The SMILES string of the molecule is Cc1cccc(Nc2ncc(N)s2)c1C. The molecule has 1 aromatic heterocycles. The molecule has 1 aromatic carbocycles. The second kappa shape index (κ2) is 3.90. The number of hydrogen-bond donors (Lipinski definition) is 2. The summed E-state index contributed by atoms with van der Waals surface area (Å²) in [5.41, 5.74) is 9.21. The number of aryl methyl sites for hydroxylation is 1. The lowest BCUT2D eigenvalue weighted by atomic mass is 10.1. The first-order valence-corrected chi connectivity index (χ1v) is 5.53. The van der Waals surface area contributed by atoms with Crippen LogP contribution in [-0.4, -0.2) is 4.98 Å². The average molecular weight is 219 g/mol. The van der Waals surface area contributed by atoms with Crippen LogP contribution in [0.1, 0.15) is 11.1 Å². The highest BCUT2D eigenvalue weighted by atomic mass is 32.1. The van der Waals surface area contributed by atoms with Gasteiger partial charge in [0.15, 0.2) is 5.13 Å². The molecule has 3 nitrogen and oxygen atoms in total. The zero-order chi connectivity index (χ0) is 10.8. The molecule has 4 heteroatoms. The Balaban J connectivity index is 2.28. The van der Waals surface area contributed by atoms with Gasteiger partial charge in [0, 0.05) is 5.69 Å². The third-order valence-corrected chi connectivity index (χ3v) is 3.11. The summed E-state index contributed by atoms with van der Waals surface area (Å²) >= 11 is 1.45. The summed E-state index contributed by atoms with van der Waals surface area (Å²) in [6.07, 6.45) is 1.66. The average Bonchev–Trinajstić information content (AvgIpc) is 2.59. The molecule has 78 valence electrons. The minimum Gasteiger partial charge on any atom is -0.389 e. The van der Waals surface area contributed by atoms with E-state index < -0.39 is 0 Å². The molecule has 2 rings (SSSR count). The van der Waals surface area contributed by atoms with E-state index in [9.17, 15) is 0 Å². The largest absolute Gasteiger partial charge is 0.389 e. The number of nitrogen functional groups attached to an aromatic ring is 1. The Morgan fingerprint density at radius 3 is 2.80 bits per heavy atom. The van der Waals surface area contributed by atoms with Crippen LogP contribution in [0.4, 0.5) is 15.8 Å². The van der Waals surface area contributed by atoms with Crippen molar-refractivity contribution >= 4 is 27.2 Å². The molecule has 0 aliphatic carbocycles. The maximum Gasteiger partial charge on any atom is 0.189 e. The quantitative estimate of drug-likeness (QED) is 0.816. The van der Waals surface area contributed by atoms with Gasteiger partial charge in [0.25, 0.3) is 0 Å². The van der Waals surface area contributed by atoms with Gasteiger partial charge in [-0.1, -0.05) is 23.5 Å². The third kappa shape index (κ3) is 2.10. The van der Waals surface area contributed by atoms with E-state index >= 15 is 0 Å². The molecular weight excluding hydrogens is 206 g/mol. The molecule has 0 aliphatic rings. The van der Waals surface area contributed by atoms with Gasteiger partial charge < -0.3 is 11.1 Å².